The molecule has 29 heavy (non-hydrogen) atoms. The van der Waals surface area contributed by atoms with E-state index in [0.717, 1.165) is 24.3 Å². The zero-order valence-electron chi connectivity index (χ0n) is 15.4. The van der Waals surface area contributed by atoms with Gasteiger partial charge in [0.2, 0.25) is 0 Å². The summed E-state index contributed by atoms with van der Waals surface area (Å²) in [6.45, 7) is 1.21. The first-order valence-corrected chi connectivity index (χ1v) is 8.31. The van der Waals surface area contributed by atoms with Crippen molar-refractivity contribution in [2.75, 3.05) is 12.4 Å². The van der Waals surface area contributed by atoms with Crippen LogP contribution in [0.15, 0.2) is 48.5 Å². The summed E-state index contributed by atoms with van der Waals surface area (Å²) >= 11 is 0. The average molecular weight is 411 g/mol. The Hall–Kier alpha value is -3.36. The van der Waals surface area contributed by atoms with Crippen molar-refractivity contribution in [2.45, 2.75) is 19.2 Å². The lowest BCUT2D eigenvalue weighted by molar-refractivity contribution is -0.148. The number of nitrogens with one attached hydrogen (secondary N) is 1. The summed E-state index contributed by atoms with van der Waals surface area (Å²) in [6, 6.07) is 8.43. The molecule has 0 aliphatic rings. The normalized spacial score (nSPS) is 12.5. The molecule has 0 unspecified atom stereocenters. The highest BCUT2D eigenvalue weighted by atomic mass is 19.4. The first-order chi connectivity index (χ1) is 13.6. The molecule has 0 saturated heterocycles. The largest absolute Gasteiger partial charge is 0.494 e. The van der Waals surface area contributed by atoms with Crippen LogP contribution in [0.2, 0.25) is 0 Å². The first-order valence-electron chi connectivity index (χ1n) is 8.31. The van der Waals surface area contributed by atoms with E-state index in [4.69, 9.17) is 9.47 Å². The number of methoxy groups -OCH3 is 1. The van der Waals surface area contributed by atoms with Crippen molar-refractivity contribution in [1.29, 1.82) is 0 Å². The number of carbonyl (C=O) groups excluding carboxylic acids is 2. The third-order valence-corrected chi connectivity index (χ3v) is 3.74. The number of hydrogen-bond acceptors (Lipinski definition) is 4. The minimum atomic E-state index is -4.65. The van der Waals surface area contributed by atoms with Crippen LogP contribution in [-0.2, 0) is 20.5 Å². The molecule has 2 aromatic carbocycles. The molecule has 0 saturated carbocycles. The molecule has 1 atom stereocenters. The molecule has 5 nitrogen and oxygen atoms in total. The highest BCUT2D eigenvalue weighted by molar-refractivity contribution is 5.97. The number of anilines is 1. The molecule has 0 fully saturated rings. The van der Waals surface area contributed by atoms with Gasteiger partial charge in [-0.2, -0.15) is 13.2 Å². The summed E-state index contributed by atoms with van der Waals surface area (Å²) in [4.78, 5) is 23.9. The molecule has 1 amide bonds. The van der Waals surface area contributed by atoms with E-state index in [0.29, 0.717) is 5.56 Å². The Labute approximate surface area is 163 Å². The summed E-state index contributed by atoms with van der Waals surface area (Å²) in [5.74, 6) is -2.44. The summed E-state index contributed by atoms with van der Waals surface area (Å²) in [7, 11) is 1.31. The lowest BCUT2D eigenvalue weighted by atomic mass is 10.1. The number of para-hydroxylation sites is 1. The molecule has 0 aliphatic carbocycles. The lowest BCUT2D eigenvalue weighted by Gasteiger charge is -2.16. The van der Waals surface area contributed by atoms with Crippen molar-refractivity contribution in [3.05, 3.63) is 65.5 Å². The van der Waals surface area contributed by atoms with Crippen molar-refractivity contribution in [1.82, 2.24) is 0 Å². The summed E-state index contributed by atoms with van der Waals surface area (Å²) in [6.07, 6.45) is -3.79. The van der Waals surface area contributed by atoms with Crippen molar-refractivity contribution in [3.8, 4) is 5.75 Å². The molecule has 0 spiro atoms. The number of ether oxygens (including phenoxy) is 2. The molecule has 2 aromatic rings. The number of rotatable bonds is 6. The summed E-state index contributed by atoms with van der Waals surface area (Å²) < 4.78 is 62.2. The highest BCUT2D eigenvalue weighted by Crippen LogP contribution is 2.34. The van der Waals surface area contributed by atoms with E-state index in [1.807, 2.05) is 0 Å². The number of carbonyl (C=O) groups is 2. The fourth-order valence-electron chi connectivity index (χ4n) is 2.29. The molecule has 9 heteroatoms. The van der Waals surface area contributed by atoms with Gasteiger partial charge in [-0.15, -0.1) is 0 Å². The highest BCUT2D eigenvalue weighted by Gasteiger charge is 2.34. The van der Waals surface area contributed by atoms with Gasteiger partial charge in [-0.1, -0.05) is 18.2 Å². The molecule has 2 rings (SSSR count). The maximum absolute atomic E-state index is 13.6. The number of amides is 1. The van der Waals surface area contributed by atoms with E-state index < -0.39 is 41.2 Å². The second kappa shape index (κ2) is 9.22. The molecule has 0 bridgehead atoms. The van der Waals surface area contributed by atoms with Crippen molar-refractivity contribution < 1.29 is 36.6 Å². The minimum Gasteiger partial charge on any atom is -0.494 e. The Kier molecular flexibility index (Phi) is 6.98. The second-order valence-corrected chi connectivity index (χ2v) is 5.84. The predicted molar refractivity (Wildman–Crippen MR) is 97.6 cm³/mol. The van der Waals surface area contributed by atoms with Gasteiger partial charge in [-0.05, 0) is 42.8 Å². The smallest absolute Gasteiger partial charge is 0.418 e. The lowest BCUT2D eigenvalue weighted by Crippen LogP contribution is -2.30. The predicted octanol–water partition coefficient (Wildman–Crippen LogP) is 4.44. The van der Waals surface area contributed by atoms with Crippen molar-refractivity contribution in [3.63, 3.8) is 0 Å². The van der Waals surface area contributed by atoms with E-state index in [9.17, 15) is 27.2 Å². The number of hydrogen-bond donors (Lipinski definition) is 1. The van der Waals surface area contributed by atoms with E-state index in [1.165, 1.54) is 44.4 Å². The van der Waals surface area contributed by atoms with Crippen LogP contribution in [0.5, 0.6) is 5.75 Å². The van der Waals surface area contributed by atoms with Crippen LogP contribution in [0.4, 0.5) is 23.2 Å². The maximum atomic E-state index is 13.6. The fourth-order valence-corrected chi connectivity index (χ4v) is 2.29. The van der Waals surface area contributed by atoms with Crippen LogP contribution >= 0.6 is 0 Å². The van der Waals surface area contributed by atoms with Gasteiger partial charge in [0.25, 0.3) is 5.91 Å². The average Bonchev–Trinajstić information content (AvgIpc) is 2.66. The minimum absolute atomic E-state index is 0.0363. The number of benzene rings is 2. The zero-order valence-corrected chi connectivity index (χ0v) is 15.4. The van der Waals surface area contributed by atoms with E-state index >= 15 is 0 Å². The topological polar surface area (TPSA) is 64.6 Å². The summed E-state index contributed by atoms with van der Waals surface area (Å²) in [5, 5.41) is 2.09. The van der Waals surface area contributed by atoms with Crippen LogP contribution in [0.25, 0.3) is 6.08 Å². The van der Waals surface area contributed by atoms with Gasteiger partial charge in [0.05, 0.1) is 18.4 Å². The molecule has 0 radical (unpaired) electrons. The Bertz CT molecular complexity index is 925. The van der Waals surface area contributed by atoms with Crippen LogP contribution in [-0.4, -0.2) is 25.1 Å². The maximum Gasteiger partial charge on any atom is 0.418 e. The van der Waals surface area contributed by atoms with Crippen LogP contribution in [0.3, 0.4) is 0 Å². The first kappa shape index (κ1) is 21.9. The van der Waals surface area contributed by atoms with E-state index in [2.05, 4.69) is 5.32 Å². The van der Waals surface area contributed by atoms with Crippen molar-refractivity contribution in [2.24, 2.45) is 0 Å². The second-order valence-electron chi connectivity index (χ2n) is 5.84. The van der Waals surface area contributed by atoms with Gasteiger partial charge in [0.15, 0.2) is 17.7 Å². The van der Waals surface area contributed by atoms with Gasteiger partial charge in [0, 0.05) is 6.08 Å². The van der Waals surface area contributed by atoms with Gasteiger partial charge in [0.1, 0.15) is 0 Å². The SMILES string of the molecule is COc1ccc(/C=C/C(=O)O[C@H](C)C(=O)Nc2ccccc2C(F)(F)F)cc1F. The molecule has 1 N–H and O–H groups in total. The van der Waals surface area contributed by atoms with Gasteiger partial charge >= 0.3 is 12.1 Å². The Morgan fingerprint density at radius 2 is 1.83 bits per heavy atom. The van der Waals surface area contributed by atoms with Gasteiger partial charge in [-0.3, -0.25) is 4.79 Å². The molecule has 0 heterocycles. The Balaban J connectivity index is 1.99. The number of halogens is 4. The van der Waals surface area contributed by atoms with Crippen molar-refractivity contribution >= 4 is 23.6 Å². The molecule has 0 aliphatic heterocycles. The Morgan fingerprint density at radius 1 is 1.14 bits per heavy atom. The van der Waals surface area contributed by atoms with Gasteiger partial charge < -0.3 is 14.8 Å². The third kappa shape index (κ3) is 6.06. The molecular weight excluding hydrogens is 394 g/mol. The standard InChI is InChI=1S/C20H17F4NO4/c1-12(19(27)25-16-6-4-3-5-14(16)20(22,23)24)29-18(26)10-8-13-7-9-17(28-2)15(21)11-13/h3-12H,1-2H3,(H,25,27)/b10-8+/t12-/m1/s1. The summed E-state index contributed by atoms with van der Waals surface area (Å²) in [5.41, 5.74) is -1.12. The van der Waals surface area contributed by atoms with E-state index in [1.54, 1.807) is 0 Å². The quantitative estimate of drug-likeness (QED) is 0.434. The molecular formula is C20H17F4NO4. The van der Waals surface area contributed by atoms with Crippen LogP contribution in [0, 0.1) is 5.82 Å². The van der Waals surface area contributed by atoms with E-state index in [-0.39, 0.29) is 5.75 Å². The zero-order chi connectivity index (χ0) is 21.6. The van der Waals surface area contributed by atoms with Crippen LogP contribution < -0.4 is 10.1 Å². The number of alkyl halides is 3. The molecule has 0 aromatic heterocycles. The monoisotopic (exact) mass is 411 g/mol. The Morgan fingerprint density at radius 3 is 2.45 bits per heavy atom. The number of esters is 1. The van der Waals surface area contributed by atoms with Crippen LogP contribution in [0.1, 0.15) is 18.1 Å². The third-order valence-electron chi connectivity index (χ3n) is 3.74. The van der Waals surface area contributed by atoms with Gasteiger partial charge in [-0.25, -0.2) is 9.18 Å². The molecule has 154 valence electrons. The fraction of sp³-hybridized carbons (Fsp3) is 0.200.